The zero-order valence-corrected chi connectivity index (χ0v) is 14.0. The molecule has 0 saturated carbocycles. The molecule has 1 aliphatic rings. The summed E-state index contributed by atoms with van der Waals surface area (Å²) in [5, 5.41) is 9.03. The van der Waals surface area contributed by atoms with Crippen LogP contribution in [0.5, 0.6) is 0 Å². The molecule has 1 N–H and O–H groups in total. The van der Waals surface area contributed by atoms with Gasteiger partial charge in [-0.1, -0.05) is 26.0 Å². The topological polar surface area (TPSA) is 60.9 Å². The van der Waals surface area contributed by atoms with Gasteiger partial charge in [0.1, 0.15) is 0 Å². The summed E-state index contributed by atoms with van der Waals surface area (Å²) in [4.78, 5) is 27.4. The molecule has 0 radical (unpaired) electrons. The average Bonchev–Trinajstić information content (AvgIpc) is 3.04. The number of hydrogen-bond acceptors (Lipinski definition) is 3. The van der Waals surface area contributed by atoms with E-state index in [9.17, 15) is 9.59 Å². The van der Waals surface area contributed by atoms with Crippen molar-refractivity contribution in [3.05, 3.63) is 35.4 Å². The molecule has 0 spiro atoms. The molecule has 1 atom stereocenters. The van der Waals surface area contributed by atoms with Crippen molar-refractivity contribution in [2.75, 3.05) is 26.2 Å². The fourth-order valence-corrected chi connectivity index (χ4v) is 3.01. The summed E-state index contributed by atoms with van der Waals surface area (Å²) >= 11 is 0. The standard InChI is InChI=1S/C18H26N2O3/c1-3-10-19(4-2)12-14-5-7-15(8-6-14)17(21)20-11-9-16(13-20)18(22)23/h5-8,16H,3-4,9-13H2,1-2H3,(H,22,23). The van der Waals surface area contributed by atoms with Crippen molar-refractivity contribution in [2.45, 2.75) is 33.2 Å². The molecule has 1 unspecified atom stereocenters. The van der Waals surface area contributed by atoms with Crippen LogP contribution >= 0.6 is 0 Å². The number of nitrogens with zero attached hydrogens (tertiary/aromatic N) is 2. The van der Waals surface area contributed by atoms with Crippen LogP contribution in [0.2, 0.25) is 0 Å². The lowest BCUT2D eigenvalue weighted by atomic mass is 10.1. The highest BCUT2D eigenvalue weighted by Gasteiger charge is 2.31. The van der Waals surface area contributed by atoms with Gasteiger partial charge in [-0.2, -0.15) is 0 Å². The van der Waals surface area contributed by atoms with Crippen molar-refractivity contribution in [1.82, 2.24) is 9.80 Å². The van der Waals surface area contributed by atoms with Gasteiger partial charge in [-0.05, 0) is 43.6 Å². The van der Waals surface area contributed by atoms with Gasteiger partial charge in [-0.3, -0.25) is 14.5 Å². The van der Waals surface area contributed by atoms with E-state index in [-0.39, 0.29) is 5.91 Å². The second kappa shape index (κ2) is 8.11. The van der Waals surface area contributed by atoms with E-state index in [1.807, 2.05) is 24.3 Å². The Bertz CT molecular complexity index is 542. The van der Waals surface area contributed by atoms with Crippen LogP contribution in [-0.4, -0.2) is 53.0 Å². The van der Waals surface area contributed by atoms with Crippen molar-refractivity contribution in [3.63, 3.8) is 0 Å². The molecule has 0 aliphatic carbocycles. The highest BCUT2D eigenvalue weighted by molar-refractivity contribution is 5.94. The van der Waals surface area contributed by atoms with Crippen LogP contribution in [-0.2, 0) is 11.3 Å². The van der Waals surface area contributed by atoms with E-state index in [2.05, 4.69) is 18.7 Å². The Morgan fingerprint density at radius 2 is 1.96 bits per heavy atom. The van der Waals surface area contributed by atoms with E-state index in [4.69, 9.17) is 5.11 Å². The van der Waals surface area contributed by atoms with Crippen LogP contribution in [0.15, 0.2) is 24.3 Å². The Morgan fingerprint density at radius 3 is 2.48 bits per heavy atom. The maximum absolute atomic E-state index is 12.4. The van der Waals surface area contributed by atoms with Gasteiger partial charge in [0.15, 0.2) is 0 Å². The minimum absolute atomic E-state index is 0.0683. The van der Waals surface area contributed by atoms with Gasteiger partial charge in [0.05, 0.1) is 5.92 Å². The van der Waals surface area contributed by atoms with Gasteiger partial charge in [0.2, 0.25) is 0 Å². The lowest BCUT2D eigenvalue weighted by Gasteiger charge is -2.20. The molecule has 126 valence electrons. The third-order valence-electron chi connectivity index (χ3n) is 4.42. The summed E-state index contributed by atoms with van der Waals surface area (Å²) in [6.45, 7) is 8.14. The Kier molecular flexibility index (Phi) is 6.16. The van der Waals surface area contributed by atoms with Crippen LogP contribution in [0.4, 0.5) is 0 Å². The SMILES string of the molecule is CCCN(CC)Cc1ccc(C(=O)N2CCC(C(=O)O)C2)cc1. The molecule has 1 aromatic carbocycles. The average molecular weight is 318 g/mol. The van der Waals surface area contributed by atoms with Crippen molar-refractivity contribution in [2.24, 2.45) is 5.92 Å². The molecule has 0 aromatic heterocycles. The second-order valence-electron chi connectivity index (χ2n) is 6.14. The molecule has 1 heterocycles. The molecule has 1 aliphatic heterocycles. The molecule has 1 aromatic rings. The van der Waals surface area contributed by atoms with Crippen molar-refractivity contribution >= 4 is 11.9 Å². The van der Waals surface area contributed by atoms with Crippen LogP contribution in [0.25, 0.3) is 0 Å². The highest BCUT2D eigenvalue weighted by Crippen LogP contribution is 2.19. The number of benzene rings is 1. The lowest BCUT2D eigenvalue weighted by Crippen LogP contribution is -2.30. The summed E-state index contributed by atoms with van der Waals surface area (Å²) < 4.78 is 0. The summed E-state index contributed by atoms with van der Waals surface area (Å²) in [5.74, 6) is -1.31. The molecule has 5 nitrogen and oxygen atoms in total. The van der Waals surface area contributed by atoms with E-state index in [1.165, 1.54) is 5.56 Å². The number of carboxylic acid groups (broad SMARTS) is 1. The minimum atomic E-state index is -0.814. The van der Waals surface area contributed by atoms with Gasteiger partial charge >= 0.3 is 5.97 Å². The van der Waals surface area contributed by atoms with Gasteiger partial charge < -0.3 is 10.0 Å². The first kappa shape index (κ1) is 17.5. The summed E-state index contributed by atoms with van der Waals surface area (Å²) in [7, 11) is 0. The van der Waals surface area contributed by atoms with Crippen molar-refractivity contribution in [3.8, 4) is 0 Å². The second-order valence-corrected chi connectivity index (χ2v) is 6.14. The van der Waals surface area contributed by atoms with Crippen molar-refractivity contribution < 1.29 is 14.7 Å². The number of carboxylic acids is 1. The van der Waals surface area contributed by atoms with Gasteiger partial charge in [-0.15, -0.1) is 0 Å². The predicted molar refractivity (Wildman–Crippen MR) is 89.3 cm³/mol. The zero-order chi connectivity index (χ0) is 16.8. The lowest BCUT2D eigenvalue weighted by molar-refractivity contribution is -0.141. The predicted octanol–water partition coefficient (Wildman–Crippen LogP) is 2.47. The number of carbonyl (C=O) groups is 2. The molecule has 23 heavy (non-hydrogen) atoms. The number of rotatable bonds is 7. The molecule has 2 rings (SSSR count). The van der Waals surface area contributed by atoms with Crippen LogP contribution in [0, 0.1) is 5.92 Å². The van der Waals surface area contributed by atoms with Crippen LogP contribution < -0.4 is 0 Å². The number of aliphatic carboxylic acids is 1. The van der Waals surface area contributed by atoms with Gasteiger partial charge in [0.25, 0.3) is 5.91 Å². The maximum Gasteiger partial charge on any atom is 0.308 e. The summed E-state index contributed by atoms with van der Waals surface area (Å²) in [6, 6.07) is 7.70. The minimum Gasteiger partial charge on any atom is -0.481 e. The highest BCUT2D eigenvalue weighted by atomic mass is 16.4. The van der Waals surface area contributed by atoms with E-state index >= 15 is 0 Å². The zero-order valence-electron chi connectivity index (χ0n) is 14.0. The molecule has 1 fully saturated rings. The quantitative estimate of drug-likeness (QED) is 0.839. The fraction of sp³-hybridized carbons (Fsp3) is 0.556. The summed E-state index contributed by atoms with van der Waals surface area (Å²) in [6.07, 6.45) is 1.67. The first-order valence-corrected chi connectivity index (χ1v) is 8.38. The van der Waals surface area contributed by atoms with E-state index in [0.29, 0.717) is 25.1 Å². The van der Waals surface area contributed by atoms with E-state index in [1.54, 1.807) is 4.90 Å². The first-order chi connectivity index (χ1) is 11.0. The van der Waals surface area contributed by atoms with Crippen LogP contribution in [0.3, 0.4) is 0 Å². The molecule has 0 bridgehead atoms. The molecule has 1 saturated heterocycles. The smallest absolute Gasteiger partial charge is 0.308 e. The Hall–Kier alpha value is -1.88. The Labute approximate surface area is 137 Å². The Morgan fingerprint density at radius 1 is 1.26 bits per heavy atom. The molecular weight excluding hydrogens is 292 g/mol. The van der Waals surface area contributed by atoms with Gasteiger partial charge in [-0.25, -0.2) is 0 Å². The Balaban J connectivity index is 1.96. The third kappa shape index (κ3) is 4.55. The largest absolute Gasteiger partial charge is 0.481 e. The fourth-order valence-electron chi connectivity index (χ4n) is 3.01. The van der Waals surface area contributed by atoms with E-state index in [0.717, 1.165) is 26.1 Å². The van der Waals surface area contributed by atoms with Gasteiger partial charge in [0, 0.05) is 25.2 Å². The number of amides is 1. The summed E-state index contributed by atoms with van der Waals surface area (Å²) in [5.41, 5.74) is 1.83. The molecule has 5 heteroatoms. The van der Waals surface area contributed by atoms with Crippen molar-refractivity contribution in [1.29, 1.82) is 0 Å². The number of carbonyl (C=O) groups excluding carboxylic acids is 1. The maximum atomic E-state index is 12.4. The van der Waals surface area contributed by atoms with Crippen LogP contribution in [0.1, 0.15) is 42.6 Å². The number of likely N-dealkylation sites (tertiary alicyclic amines) is 1. The normalized spacial score (nSPS) is 17.7. The van der Waals surface area contributed by atoms with E-state index < -0.39 is 11.9 Å². The number of hydrogen-bond donors (Lipinski definition) is 1. The molecular formula is C18H26N2O3. The monoisotopic (exact) mass is 318 g/mol. The third-order valence-corrected chi connectivity index (χ3v) is 4.42. The molecule has 1 amide bonds. The first-order valence-electron chi connectivity index (χ1n) is 8.38.